The number of rotatable bonds is 6. The molecule has 2 atom stereocenters. The zero-order valence-corrected chi connectivity index (χ0v) is 13.7. The molecule has 0 radical (unpaired) electrons. The van der Waals surface area contributed by atoms with Crippen molar-refractivity contribution in [1.82, 2.24) is 0 Å². The molecule has 1 rings (SSSR count). The fourth-order valence-corrected chi connectivity index (χ4v) is 7.55. The summed E-state index contributed by atoms with van der Waals surface area (Å²) in [4.78, 5) is 0. The van der Waals surface area contributed by atoms with Gasteiger partial charge in [0.2, 0.25) is 0 Å². The molecule has 4 heteroatoms. The number of halogens is 1. The van der Waals surface area contributed by atoms with Crippen molar-refractivity contribution in [2.45, 2.75) is 47.4 Å². The molecule has 0 spiro atoms. The van der Waals surface area contributed by atoms with Gasteiger partial charge in [0, 0.05) is 0 Å². The van der Waals surface area contributed by atoms with Crippen molar-refractivity contribution in [3.8, 4) is 0 Å². The molecule has 2 unspecified atom stereocenters. The van der Waals surface area contributed by atoms with Crippen LogP contribution >= 0.6 is 11.6 Å². The molecule has 0 N–H and O–H groups in total. The van der Waals surface area contributed by atoms with Crippen LogP contribution in [0, 0.1) is 0 Å². The van der Waals surface area contributed by atoms with Crippen LogP contribution in [-0.4, -0.2) is 45.1 Å². The summed E-state index contributed by atoms with van der Waals surface area (Å²) in [5, 5.41) is 0. The molecule has 0 bridgehead atoms. The number of alkyl halides is 1. The van der Waals surface area contributed by atoms with E-state index in [2.05, 4.69) is 17.3 Å². The fraction of sp³-hybridized carbons (Fsp3) is 1.00. The first kappa shape index (κ1) is 14.8. The summed E-state index contributed by atoms with van der Waals surface area (Å²) in [6.07, 6.45) is 3.98. The van der Waals surface area contributed by atoms with Gasteiger partial charge in [0.1, 0.15) is 0 Å². The summed E-state index contributed by atoms with van der Waals surface area (Å²) < 4.78 is 12.2. The van der Waals surface area contributed by atoms with Crippen molar-refractivity contribution in [3.05, 3.63) is 0 Å². The van der Waals surface area contributed by atoms with Gasteiger partial charge in [-0.15, -0.1) is 0 Å². The quantitative estimate of drug-likeness (QED) is 0.424. The predicted molar refractivity (Wildman–Crippen MR) is 72.2 cm³/mol. The summed E-state index contributed by atoms with van der Waals surface area (Å²) in [6, 6.07) is 0. The van der Waals surface area contributed by atoms with Gasteiger partial charge in [-0.3, -0.25) is 0 Å². The molecular formula is C12H25ClGeO2. The monoisotopic (exact) mass is 310 g/mol. The number of hydrogen-bond acceptors (Lipinski definition) is 2. The number of hydrogen-bond donors (Lipinski definition) is 0. The molecule has 2 nitrogen and oxygen atoms in total. The van der Waals surface area contributed by atoms with Crippen molar-refractivity contribution < 1.29 is 9.47 Å². The van der Waals surface area contributed by atoms with Gasteiger partial charge in [0.15, 0.2) is 0 Å². The van der Waals surface area contributed by atoms with Crippen LogP contribution in [0.5, 0.6) is 0 Å². The zero-order valence-electron chi connectivity index (χ0n) is 10.8. The summed E-state index contributed by atoms with van der Waals surface area (Å²) in [7, 11) is 0. The molecule has 0 aromatic heterocycles. The van der Waals surface area contributed by atoms with Crippen LogP contribution in [0.25, 0.3) is 0 Å². The van der Waals surface area contributed by atoms with Gasteiger partial charge >= 0.3 is 107 Å². The van der Waals surface area contributed by atoms with E-state index < -0.39 is 13.3 Å². The van der Waals surface area contributed by atoms with Crippen LogP contribution < -0.4 is 0 Å². The summed E-state index contributed by atoms with van der Waals surface area (Å²) in [5.74, 6) is 8.21. The fourth-order valence-electron chi connectivity index (χ4n) is 2.37. The Morgan fingerprint density at radius 2 is 2.00 bits per heavy atom. The summed E-state index contributed by atoms with van der Waals surface area (Å²) in [6.45, 7) is 2.34. The van der Waals surface area contributed by atoms with Crippen molar-refractivity contribution in [2.24, 2.45) is 0 Å². The summed E-state index contributed by atoms with van der Waals surface area (Å²) in [5.41, 5.74) is 0. The summed E-state index contributed by atoms with van der Waals surface area (Å²) >= 11 is 4.07. The Balaban J connectivity index is 2.48. The van der Waals surface area contributed by atoms with E-state index in [1.54, 1.807) is 0 Å². The molecule has 1 aliphatic rings. The molecule has 96 valence electrons. The Bertz CT molecular complexity index is 188. The molecule has 1 fully saturated rings. The van der Waals surface area contributed by atoms with Gasteiger partial charge in [-0.1, -0.05) is 0 Å². The van der Waals surface area contributed by atoms with Crippen LogP contribution in [0.2, 0.25) is 22.0 Å². The Morgan fingerprint density at radius 3 is 2.50 bits per heavy atom. The van der Waals surface area contributed by atoms with E-state index in [0.29, 0.717) is 6.10 Å². The minimum atomic E-state index is -1.68. The van der Waals surface area contributed by atoms with Crippen molar-refractivity contribution >= 4 is 24.9 Å². The number of unbranched alkanes of at least 4 members (excludes halogenated alkanes) is 1. The third kappa shape index (κ3) is 4.95. The molecule has 1 aliphatic heterocycles. The van der Waals surface area contributed by atoms with E-state index in [-0.39, 0.29) is 0 Å². The second kappa shape index (κ2) is 7.25. The molecule has 0 aliphatic carbocycles. The second-order valence-electron chi connectivity index (χ2n) is 5.64. The molecule has 0 saturated carbocycles. The van der Waals surface area contributed by atoms with E-state index in [0.717, 1.165) is 36.9 Å². The first-order valence-corrected chi connectivity index (χ1v) is 14.3. The van der Waals surface area contributed by atoms with E-state index in [1.165, 1.54) is 12.8 Å². The first-order chi connectivity index (χ1) is 7.55. The van der Waals surface area contributed by atoms with Gasteiger partial charge in [-0.05, 0) is 0 Å². The molecule has 1 heterocycles. The second-order valence-corrected chi connectivity index (χ2v) is 17.5. The SMILES string of the molecule is [CH3][Ge]([CH3])([CH3])[CH](CCCCCl)C1COCCO1. The maximum absolute atomic E-state index is 5.89. The van der Waals surface area contributed by atoms with Crippen LogP contribution in [0.15, 0.2) is 0 Å². The van der Waals surface area contributed by atoms with Gasteiger partial charge < -0.3 is 0 Å². The van der Waals surface area contributed by atoms with E-state index in [4.69, 9.17) is 21.1 Å². The van der Waals surface area contributed by atoms with Crippen LogP contribution in [0.4, 0.5) is 0 Å². The topological polar surface area (TPSA) is 18.5 Å². The van der Waals surface area contributed by atoms with E-state index in [9.17, 15) is 0 Å². The standard InChI is InChI=1S/C12H25ClGeO2/c1-14(2,3)11(6-4-5-7-13)12-10-15-8-9-16-12/h11-12H,4-10H2,1-3H3. The number of ether oxygens (including phenoxy) is 2. The Morgan fingerprint density at radius 1 is 1.25 bits per heavy atom. The zero-order chi connectivity index (χ0) is 12.0. The minimum absolute atomic E-state index is 0.351. The van der Waals surface area contributed by atoms with E-state index in [1.807, 2.05) is 0 Å². The molecule has 0 aromatic rings. The Hall–Kier alpha value is 0.753. The van der Waals surface area contributed by atoms with Crippen LogP contribution in [0.1, 0.15) is 19.3 Å². The van der Waals surface area contributed by atoms with Crippen molar-refractivity contribution in [2.75, 3.05) is 25.7 Å². The van der Waals surface area contributed by atoms with Crippen LogP contribution in [0.3, 0.4) is 0 Å². The molecule has 1 saturated heterocycles. The first-order valence-electron chi connectivity index (χ1n) is 6.31. The average Bonchev–Trinajstić information content (AvgIpc) is 2.24. The molecule has 0 aromatic carbocycles. The predicted octanol–water partition coefficient (Wildman–Crippen LogP) is 3.52. The normalized spacial score (nSPS) is 24.4. The molecule has 16 heavy (non-hydrogen) atoms. The third-order valence-electron chi connectivity index (χ3n) is 3.30. The van der Waals surface area contributed by atoms with E-state index >= 15 is 0 Å². The third-order valence-corrected chi connectivity index (χ3v) is 9.62. The van der Waals surface area contributed by atoms with Gasteiger partial charge in [-0.2, -0.15) is 0 Å². The molecule has 0 amide bonds. The molecular weight excluding hydrogens is 284 g/mol. The Kier molecular flexibility index (Phi) is 6.71. The van der Waals surface area contributed by atoms with Crippen LogP contribution in [-0.2, 0) is 9.47 Å². The Labute approximate surface area is 107 Å². The van der Waals surface area contributed by atoms with Crippen molar-refractivity contribution in [1.29, 1.82) is 0 Å². The maximum atomic E-state index is 5.89. The van der Waals surface area contributed by atoms with Crippen molar-refractivity contribution in [3.63, 3.8) is 0 Å². The van der Waals surface area contributed by atoms with Gasteiger partial charge in [0.25, 0.3) is 0 Å². The van der Waals surface area contributed by atoms with Gasteiger partial charge in [-0.25, -0.2) is 0 Å². The average molecular weight is 309 g/mol. The van der Waals surface area contributed by atoms with Gasteiger partial charge in [0.05, 0.1) is 0 Å².